The molecule has 0 saturated heterocycles. The minimum atomic E-state index is -0.671. The second-order valence-electron chi connectivity index (χ2n) is 7.95. The van der Waals surface area contributed by atoms with Crippen LogP contribution in [0.4, 0.5) is 0 Å². The SMILES string of the molecule is Cc1nc(C(=O)NC(C(=O)NCc2ccncc2)C(C)C)cc2c1[nH]c1ccccc12. The molecule has 3 N–H and O–H groups in total. The summed E-state index contributed by atoms with van der Waals surface area (Å²) in [4.78, 5) is 37.6. The van der Waals surface area contributed by atoms with Gasteiger partial charge in [-0.1, -0.05) is 32.0 Å². The zero-order chi connectivity index (χ0) is 22.0. The molecule has 2 amide bonds. The smallest absolute Gasteiger partial charge is 0.270 e. The lowest BCUT2D eigenvalue weighted by Crippen LogP contribution is -2.49. The molecule has 7 nitrogen and oxygen atoms in total. The lowest BCUT2D eigenvalue weighted by atomic mass is 10.0. The average Bonchev–Trinajstić information content (AvgIpc) is 3.15. The van der Waals surface area contributed by atoms with Gasteiger partial charge in [-0.05, 0) is 42.7 Å². The number of carbonyl (C=O) groups excluding carboxylic acids is 2. The Balaban J connectivity index is 1.55. The number of aromatic amines is 1. The Labute approximate surface area is 180 Å². The predicted octanol–water partition coefficient (Wildman–Crippen LogP) is 3.49. The van der Waals surface area contributed by atoms with Gasteiger partial charge in [0.25, 0.3) is 5.91 Å². The second kappa shape index (κ2) is 8.55. The van der Waals surface area contributed by atoms with Gasteiger partial charge in [0.05, 0.1) is 11.2 Å². The number of benzene rings is 1. The maximum atomic E-state index is 13.0. The summed E-state index contributed by atoms with van der Waals surface area (Å²) >= 11 is 0. The van der Waals surface area contributed by atoms with Gasteiger partial charge >= 0.3 is 0 Å². The van der Waals surface area contributed by atoms with Crippen molar-refractivity contribution in [3.8, 4) is 0 Å². The van der Waals surface area contributed by atoms with Crippen molar-refractivity contribution in [1.82, 2.24) is 25.6 Å². The van der Waals surface area contributed by atoms with E-state index in [0.717, 1.165) is 33.1 Å². The number of nitrogens with one attached hydrogen (secondary N) is 3. The number of hydrogen-bond donors (Lipinski definition) is 3. The Bertz CT molecular complexity index is 1250. The first-order chi connectivity index (χ1) is 14.9. The molecule has 0 fully saturated rings. The van der Waals surface area contributed by atoms with Crippen LogP contribution in [0, 0.1) is 12.8 Å². The largest absolute Gasteiger partial charge is 0.353 e. The van der Waals surface area contributed by atoms with E-state index in [1.54, 1.807) is 18.5 Å². The van der Waals surface area contributed by atoms with E-state index in [4.69, 9.17) is 0 Å². The monoisotopic (exact) mass is 415 g/mol. The number of amides is 2. The quantitative estimate of drug-likeness (QED) is 0.449. The summed E-state index contributed by atoms with van der Waals surface area (Å²) in [6.45, 7) is 6.05. The van der Waals surface area contributed by atoms with Crippen LogP contribution in [0.25, 0.3) is 21.8 Å². The molecule has 0 spiro atoms. The lowest BCUT2D eigenvalue weighted by Gasteiger charge is -2.21. The van der Waals surface area contributed by atoms with Crippen molar-refractivity contribution in [1.29, 1.82) is 0 Å². The molecular formula is C24H25N5O2. The van der Waals surface area contributed by atoms with Gasteiger partial charge in [-0.2, -0.15) is 0 Å². The van der Waals surface area contributed by atoms with Gasteiger partial charge in [-0.25, -0.2) is 4.98 Å². The van der Waals surface area contributed by atoms with Crippen LogP contribution in [0.2, 0.25) is 0 Å². The van der Waals surface area contributed by atoms with Crippen molar-refractivity contribution in [3.05, 3.63) is 71.8 Å². The van der Waals surface area contributed by atoms with Crippen molar-refractivity contribution in [3.63, 3.8) is 0 Å². The molecule has 4 rings (SSSR count). The van der Waals surface area contributed by atoms with Crippen molar-refractivity contribution >= 4 is 33.6 Å². The molecule has 0 aliphatic rings. The molecule has 0 radical (unpaired) electrons. The van der Waals surface area contributed by atoms with E-state index in [1.165, 1.54) is 0 Å². The van der Waals surface area contributed by atoms with Crippen LogP contribution in [0.15, 0.2) is 54.9 Å². The molecule has 1 unspecified atom stereocenters. The summed E-state index contributed by atoms with van der Waals surface area (Å²) < 4.78 is 0. The van der Waals surface area contributed by atoms with Crippen LogP contribution >= 0.6 is 0 Å². The summed E-state index contributed by atoms with van der Waals surface area (Å²) in [7, 11) is 0. The van der Waals surface area contributed by atoms with Crippen molar-refractivity contribution in [2.45, 2.75) is 33.4 Å². The standard InChI is InChI=1S/C24H25N5O2/c1-14(2)21(24(31)26-13-16-8-10-25-11-9-16)29-23(30)20-12-18-17-6-4-5-7-19(17)28-22(18)15(3)27-20/h4-12,14,21,28H,13H2,1-3H3,(H,26,31)(H,29,30). The van der Waals surface area contributed by atoms with Gasteiger partial charge in [0.15, 0.2) is 0 Å². The van der Waals surface area contributed by atoms with Gasteiger partial charge in [-0.15, -0.1) is 0 Å². The summed E-state index contributed by atoms with van der Waals surface area (Å²) in [5.41, 5.74) is 3.88. The fourth-order valence-electron chi connectivity index (χ4n) is 3.67. The van der Waals surface area contributed by atoms with E-state index in [-0.39, 0.29) is 17.7 Å². The zero-order valence-corrected chi connectivity index (χ0v) is 17.8. The normalized spacial score (nSPS) is 12.3. The number of nitrogens with zero attached hydrogens (tertiary/aromatic N) is 2. The maximum absolute atomic E-state index is 13.0. The predicted molar refractivity (Wildman–Crippen MR) is 121 cm³/mol. The first-order valence-electron chi connectivity index (χ1n) is 10.3. The van der Waals surface area contributed by atoms with Crippen LogP contribution in [0.3, 0.4) is 0 Å². The van der Waals surface area contributed by atoms with Gasteiger partial charge in [-0.3, -0.25) is 14.6 Å². The molecule has 158 valence electrons. The van der Waals surface area contributed by atoms with Crippen LogP contribution in [-0.4, -0.2) is 32.8 Å². The van der Waals surface area contributed by atoms with Crippen LogP contribution in [-0.2, 0) is 11.3 Å². The number of aromatic nitrogens is 3. The highest BCUT2D eigenvalue weighted by Crippen LogP contribution is 2.27. The molecule has 31 heavy (non-hydrogen) atoms. The minimum Gasteiger partial charge on any atom is -0.353 e. The molecule has 0 bridgehead atoms. The second-order valence-corrected chi connectivity index (χ2v) is 7.95. The highest BCUT2D eigenvalue weighted by molar-refractivity contribution is 6.10. The van der Waals surface area contributed by atoms with Crippen LogP contribution in [0.1, 0.15) is 35.6 Å². The van der Waals surface area contributed by atoms with E-state index in [1.807, 2.05) is 57.2 Å². The third-order valence-corrected chi connectivity index (χ3v) is 5.36. The molecule has 0 saturated carbocycles. The number of pyridine rings is 2. The summed E-state index contributed by atoms with van der Waals surface area (Å²) in [5.74, 6) is -0.683. The van der Waals surface area contributed by atoms with Crippen molar-refractivity contribution < 1.29 is 9.59 Å². The van der Waals surface area contributed by atoms with Crippen LogP contribution < -0.4 is 10.6 Å². The number of para-hydroxylation sites is 1. The average molecular weight is 415 g/mol. The van der Waals surface area contributed by atoms with Gasteiger partial charge in [0.1, 0.15) is 11.7 Å². The number of rotatable bonds is 6. The highest BCUT2D eigenvalue weighted by atomic mass is 16.2. The molecule has 1 atom stereocenters. The fourth-order valence-corrected chi connectivity index (χ4v) is 3.67. The number of aryl methyl sites for hydroxylation is 1. The van der Waals surface area contributed by atoms with Gasteiger partial charge in [0, 0.05) is 35.2 Å². The van der Waals surface area contributed by atoms with Crippen molar-refractivity contribution in [2.75, 3.05) is 0 Å². The molecule has 3 aromatic heterocycles. The maximum Gasteiger partial charge on any atom is 0.270 e. The fraction of sp³-hybridized carbons (Fsp3) is 0.250. The lowest BCUT2D eigenvalue weighted by molar-refractivity contribution is -0.124. The molecule has 0 aliphatic carbocycles. The van der Waals surface area contributed by atoms with E-state index in [0.29, 0.717) is 12.2 Å². The van der Waals surface area contributed by atoms with E-state index in [2.05, 4.69) is 25.6 Å². The Kier molecular flexibility index (Phi) is 5.66. The Hall–Kier alpha value is -3.74. The number of carbonyl (C=O) groups is 2. The highest BCUT2D eigenvalue weighted by Gasteiger charge is 2.25. The molecular weight excluding hydrogens is 390 g/mol. The minimum absolute atomic E-state index is 0.0840. The van der Waals surface area contributed by atoms with E-state index in [9.17, 15) is 9.59 Å². The number of fused-ring (bicyclic) bond motifs is 3. The zero-order valence-electron chi connectivity index (χ0n) is 17.8. The van der Waals surface area contributed by atoms with Crippen molar-refractivity contribution in [2.24, 2.45) is 5.92 Å². The molecule has 3 heterocycles. The third kappa shape index (κ3) is 4.26. The summed E-state index contributed by atoms with van der Waals surface area (Å²) in [6.07, 6.45) is 3.36. The van der Waals surface area contributed by atoms with E-state index < -0.39 is 6.04 Å². The number of H-pyrrole nitrogens is 1. The topological polar surface area (TPSA) is 99.8 Å². The Morgan fingerprint density at radius 1 is 1.06 bits per heavy atom. The first-order valence-corrected chi connectivity index (χ1v) is 10.3. The molecule has 4 aromatic rings. The summed E-state index contributed by atoms with van der Waals surface area (Å²) in [5, 5.41) is 7.73. The Morgan fingerprint density at radius 2 is 1.81 bits per heavy atom. The third-order valence-electron chi connectivity index (χ3n) is 5.36. The Morgan fingerprint density at radius 3 is 2.55 bits per heavy atom. The molecule has 0 aliphatic heterocycles. The molecule has 7 heteroatoms. The van der Waals surface area contributed by atoms with Crippen LogP contribution in [0.5, 0.6) is 0 Å². The first kappa shape index (κ1) is 20.5. The van der Waals surface area contributed by atoms with E-state index >= 15 is 0 Å². The molecule has 1 aromatic carbocycles. The summed E-state index contributed by atoms with van der Waals surface area (Å²) in [6, 6.07) is 12.7. The number of hydrogen-bond acceptors (Lipinski definition) is 4. The van der Waals surface area contributed by atoms with Gasteiger partial charge in [0.2, 0.25) is 5.91 Å². The van der Waals surface area contributed by atoms with Gasteiger partial charge < -0.3 is 15.6 Å².